The molecular weight excluding hydrogens is 524 g/mol. The number of carbonyl (C=O) groups excluding carboxylic acids is 1. The molecule has 1 heterocycles. The molecule has 2 atom stereocenters. The lowest BCUT2D eigenvalue weighted by molar-refractivity contribution is 0.0981. The smallest absolute Gasteiger partial charge is 0.162 e. The molecule has 0 bridgehead atoms. The van der Waals surface area contributed by atoms with Gasteiger partial charge in [-0.1, -0.05) is 134 Å². The van der Waals surface area contributed by atoms with Crippen LogP contribution in [0.4, 0.5) is 0 Å². The number of carbonyl (C=O) groups is 1. The predicted molar refractivity (Wildman–Crippen MR) is 195 cm³/mol. The second-order valence-electron chi connectivity index (χ2n) is 11.2. The highest BCUT2D eigenvalue weighted by molar-refractivity contribution is 5.96. The molecule has 2 aromatic rings. The number of allylic oxidation sites excluding steroid dienone is 3. The van der Waals surface area contributed by atoms with Gasteiger partial charge in [0, 0.05) is 18.5 Å². The van der Waals surface area contributed by atoms with E-state index in [2.05, 4.69) is 94.7 Å². The van der Waals surface area contributed by atoms with Crippen molar-refractivity contribution in [2.24, 2.45) is 11.8 Å². The molecule has 1 aliphatic heterocycles. The van der Waals surface area contributed by atoms with Crippen LogP contribution >= 0.6 is 0 Å². The van der Waals surface area contributed by atoms with Gasteiger partial charge in [0.25, 0.3) is 0 Å². The third-order valence-electron chi connectivity index (χ3n) is 6.93. The molecule has 0 saturated heterocycles. The van der Waals surface area contributed by atoms with Gasteiger partial charge in [-0.3, -0.25) is 4.79 Å². The van der Waals surface area contributed by atoms with Crippen LogP contribution in [0.5, 0.6) is 0 Å². The molecule has 3 heteroatoms. The summed E-state index contributed by atoms with van der Waals surface area (Å²) >= 11 is 0. The first-order valence-electron chi connectivity index (χ1n) is 17.2. The minimum atomic E-state index is 0.280. The van der Waals surface area contributed by atoms with Crippen LogP contribution in [-0.2, 0) is 12.8 Å². The minimum absolute atomic E-state index is 0.280. The van der Waals surface area contributed by atoms with Crippen molar-refractivity contribution in [3.63, 3.8) is 0 Å². The summed E-state index contributed by atoms with van der Waals surface area (Å²) in [5, 5.41) is 6.90. The largest absolute Gasteiger partial charge is 0.316 e. The Bertz CT molecular complexity index is 973. The van der Waals surface area contributed by atoms with Crippen molar-refractivity contribution in [1.29, 1.82) is 0 Å². The van der Waals surface area contributed by atoms with Gasteiger partial charge in [-0.25, -0.2) is 0 Å². The van der Waals surface area contributed by atoms with E-state index in [9.17, 15) is 4.79 Å². The number of hydrogen-bond acceptors (Lipinski definition) is 3. The summed E-state index contributed by atoms with van der Waals surface area (Å²) < 4.78 is 0. The molecule has 0 radical (unpaired) electrons. The van der Waals surface area contributed by atoms with Crippen molar-refractivity contribution in [2.45, 2.75) is 115 Å². The van der Waals surface area contributed by atoms with Crippen molar-refractivity contribution in [3.05, 3.63) is 94.6 Å². The molecule has 0 saturated carbocycles. The Morgan fingerprint density at radius 3 is 2.09 bits per heavy atom. The third kappa shape index (κ3) is 23.6. The van der Waals surface area contributed by atoms with E-state index in [1.54, 1.807) is 0 Å². The maximum absolute atomic E-state index is 11.8. The Morgan fingerprint density at radius 1 is 0.930 bits per heavy atom. The van der Waals surface area contributed by atoms with Gasteiger partial charge in [0.1, 0.15) is 0 Å². The van der Waals surface area contributed by atoms with E-state index in [-0.39, 0.29) is 5.78 Å². The van der Waals surface area contributed by atoms with E-state index in [0.717, 1.165) is 56.9 Å². The van der Waals surface area contributed by atoms with Crippen LogP contribution in [0.3, 0.4) is 0 Å². The van der Waals surface area contributed by atoms with Gasteiger partial charge in [-0.15, -0.1) is 0 Å². The Balaban J connectivity index is 0. The maximum atomic E-state index is 11.8. The van der Waals surface area contributed by atoms with E-state index in [1.165, 1.54) is 35.1 Å². The number of benzene rings is 2. The summed E-state index contributed by atoms with van der Waals surface area (Å²) in [5.74, 6) is 1.75. The molecule has 0 fully saturated rings. The number of hydrogen-bond donors (Lipinski definition) is 2. The quantitative estimate of drug-likeness (QED) is 0.155. The SMILES string of the molecule is CC.CC.CCC(C)CCNCC(C)/C=C\C=C(C)C.CCCC(=O)c1ccc2c(c1)CCNCC2.Cc1ccccc1. The fraction of sp³-hybridized carbons (Fsp3) is 0.575. The zero-order chi connectivity index (χ0) is 32.9. The monoisotopic (exact) mass is 593 g/mol. The van der Waals surface area contributed by atoms with E-state index in [0.29, 0.717) is 12.3 Å². The maximum Gasteiger partial charge on any atom is 0.162 e. The topological polar surface area (TPSA) is 41.1 Å². The lowest BCUT2D eigenvalue weighted by Gasteiger charge is -2.11. The fourth-order valence-electron chi connectivity index (χ4n) is 4.14. The summed E-state index contributed by atoms with van der Waals surface area (Å²) in [4.78, 5) is 11.8. The van der Waals surface area contributed by atoms with Crippen LogP contribution in [0, 0.1) is 18.8 Å². The van der Waals surface area contributed by atoms with Gasteiger partial charge < -0.3 is 10.6 Å². The average molecular weight is 593 g/mol. The van der Waals surface area contributed by atoms with Crippen molar-refractivity contribution < 1.29 is 4.79 Å². The molecule has 3 nitrogen and oxygen atoms in total. The number of rotatable bonds is 11. The van der Waals surface area contributed by atoms with E-state index >= 15 is 0 Å². The van der Waals surface area contributed by atoms with Crippen molar-refractivity contribution in [3.8, 4) is 0 Å². The molecule has 0 aromatic heterocycles. The van der Waals surface area contributed by atoms with Crippen molar-refractivity contribution in [2.75, 3.05) is 26.2 Å². The molecule has 1 aliphatic rings. The highest BCUT2D eigenvalue weighted by Crippen LogP contribution is 2.17. The second-order valence-corrected chi connectivity index (χ2v) is 11.2. The first kappa shape index (κ1) is 42.6. The van der Waals surface area contributed by atoms with Gasteiger partial charge >= 0.3 is 0 Å². The van der Waals surface area contributed by atoms with Crippen LogP contribution in [0.15, 0.2) is 72.3 Å². The highest BCUT2D eigenvalue weighted by Gasteiger charge is 2.11. The minimum Gasteiger partial charge on any atom is -0.316 e. The average Bonchev–Trinajstić information content (AvgIpc) is 3.27. The van der Waals surface area contributed by atoms with Gasteiger partial charge in [-0.2, -0.15) is 0 Å². The number of Topliss-reactive ketones (excluding diaryl/α,β-unsaturated/α-hetero) is 1. The van der Waals surface area contributed by atoms with E-state index in [4.69, 9.17) is 0 Å². The Morgan fingerprint density at radius 2 is 1.56 bits per heavy atom. The molecule has 43 heavy (non-hydrogen) atoms. The molecule has 244 valence electrons. The highest BCUT2D eigenvalue weighted by atomic mass is 16.1. The first-order chi connectivity index (χ1) is 20.8. The summed E-state index contributed by atoms with van der Waals surface area (Å²) in [6.45, 7) is 27.5. The van der Waals surface area contributed by atoms with Crippen LogP contribution < -0.4 is 10.6 Å². The molecule has 2 N–H and O–H groups in total. The number of ketones is 1. The number of nitrogens with one attached hydrogen (secondary N) is 2. The van der Waals surface area contributed by atoms with Crippen LogP contribution in [-0.4, -0.2) is 32.0 Å². The lowest BCUT2D eigenvalue weighted by atomic mass is 9.97. The van der Waals surface area contributed by atoms with Gasteiger partial charge in [-0.05, 0) is 95.1 Å². The molecule has 0 amide bonds. The third-order valence-corrected chi connectivity index (χ3v) is 6.93. The Kier molecular flexibility index (Phi) is 29.3. The Hall–Kier alpha value is -2.49. The molecule has 0 spiro atoms. The van der Waals surface area contributed by atoms with E-state index in [1.807, 2.05) is 58.9 Å². The predicted octanol–water partition coefficient (Wildman–Crippen LogP) is 10.6. The van der Waals surface area contributed by atoms with Crippen molar-refractivity contribution >= 4 is 5.78 Å². The summed E-state index contributed by atoms with van der Waals surface area (Å²) in [7, 11) is 0. The summed E-state index contributed by atoms with van der Waals surface area (Å²) in [6.07, 6.45) is 12.9. The van der Waals surface area contributed by atoms with Gasteiger partial charge in [0.2, 0.25) is 0 Å². The fourth-order valence-corrected chi connectivity index (χ4v) is 4.14. The number of aryl methyl sites for hydroxylation is 1. The van der Waals surface area contributed by atoms with Crippen LogP contribution in [0.25, 0.3) is 0 Å². The molecule has 0 aliphatic carbocycles. The van der Waals surface area contributed by atoms with Gasteiger partial charge in [0.05, 0.1) is 0 Å². The summed E-state index contributed by atoms with van der Waals surface area (Å²) in [6, 6.07) is 16.5. The van der Waals surface area contributed by atoms with Crippen LogP contribution in [0.1, 0.15) is 122 Å². The number of fused-ring (bicyclic) bond motifs is 1. The molecule has 2 aromatic carbocycles. The van der Waals surface area contributed by atoms with E-state index < -0.39 is 0 Å². The zero-order valence-corrected chi connectivity index (χ0v) is 30.0. The Labute approximate surface area is 268 Å². The summed E-state index contributed by atoms with van der Waals surface area (Å²) in [5.41, 5.74) is 6.32. The molecule has 2 unspecified atom stereocenters. The zero-order valence-electron chi connectivity index (χ0n) is 30.0. The second kappa shape index (κ2) is 29.6. The lowest BCUT2D eigenvalue weighted by Crippen LogP contribution is -2.22. The normalized spacial score (nSPS) is 13.0. The van der Waals surface area contributed by atoms with Gasteiger partial charge in [0.15, 0.2) is 5.78 Å². The standard InChI is InChI=1S/C15H29N.C14H19NO.C7H8.2C2H6/c1-6-14(4)10-11-16-12-15(5)9-7-8-13(2)3;1-2-3-14(16)13-5-4-11-6-8-15-9-7-12(11)10-13;1-7-5-3-2-4-6-7;2*1-2/h7-9,14-16H,6,10-12H2,1-5H3;4-5,10,15H,2-3,6-9H2,1H3;2-6H,1H3;2*1-2H3/b9-7-;;;;. The molecular formula is C40H68N2O. The first-order valence-corrected chi connectivity index (χ1v) is 17.2. The van der Waals surface area contributed by atoms with Crippen molar-refractivity contribution in [1.82, 2.24) is 10.6 Å². The van der Waals surface area contributed by atoms with Crippen LogP contribution in [0.2, 0.25) is 0 Å². The molecule has 3 rings (SSSR count).